The Morgan fingerprint density at radius 1 is 1.21 bits per heavy atom. The monoisotopic (exact) mass is 196 g/mol. The number of carbonyl (C=O) groups is 1. The van der Waals surface area contributed by atoms with Crippen LogP contribution in [0.25, 0.3) is 0 Å². The average molecular weight is 196 g/mol. The van der Waals surface area contributed by atoms with Gasteiger partial charge in [-0.15, -0.1) is 0 Å². The van der Waals surface area contributed by atoms with Crippen molar-refractivity contribution in [2.75, 3.05) is 5.01 Å². The van der Waals surface area contributed by atoms with Crippen LogP contribution in [0.1, 0.15) is 6.42 Å². The Morgan fingerprint density at radius 3 is 2.36 bits per heavy atom. The quantitative estimate of drug-likeness (QED) is 0.672. The Morgan fingerprint density at radius 2 is 1.86 bits per heavy atom. The third kappa shape index (κ3) is 1.48. The van der Waals surface area contributed by atoms with Gasteiger partial charge in [0.1, 0.15) is 11.6 Å². The zero-order chi connectivity index (χ0) is 10.1. The first-order chi connectivity index (χ1) is 6.66. The van der Waals surface area contributed by atoms with E-state index in [4.69, 9.17) is 0 Å². The lowest BCUT2D eigenvalue weighted by atomic mass is 10.3. The summed E-state index contributed by atoms with van der Waals surface area (Å²) in [6, 6.07) is 2.86. The number of amides is 1. The minimum absolute atomic E-state index is 0.112. The van der Waals surface area contributed by atoms with Crippen molar-refractivity contribution in [2.45, 2.75) is 6.42 Å². The molecule has 2 rings (SSSR count). The van der Waals surface area contributed by atoms with Crippen molar-refractivity contribution in [1.29, 1.82) is 0 Å². The number of hydrogen-bond acceptors (Lipinski definition) is 2. The van der Waals surface area contributed by atoms with Crippen LogP contribution in [0, 0.1) is 11.6 Å². The van der Waals surface area contributed by atoms with Gasteiger partial charge in [-0.05, 0) is 12.1 Å². The van der Waals surface area contributed by atoms with E-state index in [1.807, 2.05) is 0 Å². The first-order valence-electron chi connectivity index (χ1n) is 3.98. The van der Waals surface area contributed by atoms with Crippen LogP contribution >= 0.6 is 0 Å². The summed E-state index contributed by atoms with van der Waals surface area (Å²) in [4.78, 5) is 11.2. The van der Waals surface area contributed by atoms with Crippen LogP contribution in [0.5, 0.6) is 0 Å². The van der Waals surface area contributed by atoms with E-state index in [0.717, 1.165) is 23.2 Å². The summed E-state index contributed by atoms with van der Waals surface area (Å²) in [7, 11) is 0. The first-order valence-corrected chi connectivity index (χ1v) is 3.98. The maximum Gasteiger partial charge on any atom is 0.252 e. The summed E-state index contributed by atoms with van der Waals surface area (Å²) in [5.74, 6) is -1.75. The second-order valence-corrected chi connectivity index (χ2v) is 2.84. The second-order valence-electron chi connectivity index (χ2n) is 2.84. The first kappa shape index (κ1) is 8.80. The second kappa shape index (κ2) is 3.17. The van der Waals surface area contributed by atoms with Gasteiger partial charge in [0.25, 0.3) is 5.91 Å². The van der Waals surface area contributed by atoms with Gasteiger partial charge in [0.15, 0.2) is 0 Å². The Hall–Kier alpha value is -1.78. The standard InChI is InChI=1S/C9H6F2N2O/c10-6-3-7(11)5-8(4-6)13-9(14)1-2-12-13/h2-5H,1H2. The molecule has 3 nitrogen and oxygen atoms in total. The number of anilines is 1. The fraction of sp³-hybridized carbons (Fsp3) is 0.111. The number of hydrazone groups is 1. The molecule has 0 saturated heterocycles. The fourth-order valence-electron chi connectivity index (χ4n) is 1.22. The number of benzene rings is 1. The van der Waals surface area contributed by atoms with E-state index in [2.05, 4.69) is 5.10 Å². The van der Waals surface area contributed by atoms with Gasteiger partial charge in [0, 0.05) is 12.3 Å². The highest BCUT2D eigenvalue weighted by Crippen LogP contribution is 2.20. The zero-order valence-electron chi connectivity index (χ0n) is 7.08. The summed E-state index contributed by atoms with van der Waals surface area (Å²) in [5.41, 5.74) is 0.112. The van der Waals surface area contributed by atoms with Crippen LogP contribution in [0.15, 0.2) is 23.3 Å². The third-order valence-electron chi connectivity index (χ3n) is 1.79. The minimum Gasteiger partial charge on any atom is -0.272 e. The number of hydrogen-bond donors (Lipinski definition) is 0. The average Bonchev–Trinajstić information content (AvgIpc) is 2.49. The van der Waals surface area contributed by atoms with Gasteiger partial charge in [-0.1, -0.05) is 0 Å². The van der Waals surface area contributed by atoms with Gasteiger partial charge >= 0.3 is 0 Å². The molecule has 0 fully saturated rings. The van der Waals surface area contributed by atoms with Crippen LogP contribution in [-0.4, -0.2) is 12.1 Å². The zero-order valence-corrected chi connectivity index (χ0v) is 7.08. The molecule has 0 N–H and O–H groups in total. The highest BCUT2D eigenvalue weighted by atomic mass is 19.1. The summed E-state index contributed by atoms with van der Waals surface area (Å²) < 4.78 is 25.6. The Balaban J connectivity index is 2.41. The van der Waals surface area contributed by atoms with Crippen LogP contribution in [0.2, 0.25) is 0 Å². The van der Waals surface area contributed by atoms with Crippen LogP contribution in [0.4, 0.5) is 14.5 Å². The molecule has 1 aromatic carbocycles. The Kier molecular flexibility index (Phi) is 1.99. The molecule has 0 bridgehead atoms. The van der Waals surface area contributed by atoms with Crippen molar-refractivity contribution in [3.05, 3.63) is 29.8 Å². The molecule has 0 aliphatic carbocycles. The lowest BCUT2D eigenvalue weighted by Gasteiger charge is -2.11. The van der Waals surface area contributed by atoms with E-state index in [0.29, 0.717) is 0 Å². The molecular weight excluding hydrogens is 190 g/mol. The molecule has 0 radical (unpaired) electrons. The highest BCUT2D eigenvalue weighted by Gasteiger charge is 2.19. The van der Waals surface area contributed by atoms with Gasteiger partial charge in [-0.3, -0.25) is 4.79 Å². The summed E-state index contributed by atoms with van der Waals surface area (Å²) in [5, 5.41) is 4.67. The van der Waals surface area contributed by atoms with E-state index in [1.165, 1.54) is 6.21 Å². The molecule has 0 atom stereocenters. The molecular formula is C9H6F2N2O. The van der Waals surface area contributed by atoms with Gasteiger partial charge < -0.3 is 0 Å². The van der Waals surface area contributed by atoms with Crippen LogP contribution in [0.3, 0.4) is 0 Å². The number of nitrogens with zero attached hydrogens (tertiary/aromatic N) is 2. The number of carbonyl (C=O) groups excluding carboxylic acids is 1. The molecule has 0 aromatic heterocycles. The maximum absolute atomic E-state index is 12.8. The lowest BCUT2D eigenvalue weighted by Crippen LogP contribution is -2.19. The molecule has 0 saturated carbocycles. The topological polar surface area (TPSA) is 32.7 Å². The highest BCUT2D eigenvalue weighted by molar-refractivity contribution is 6.05. The molecule has 72 valence electrons. The molecule has 14 heavy (non-hydrogen) atoms. The van der Waals surface area contributed by atoms with E-state index in [-0.39, 0.29) is 18.0 Å². The van der Waals surface area contributed by atoms with E-state index in [1.54, 1.807) is 0 Å². The van der Waals surface area contributed by atoms with Gasteiger partial charge in [0.05, 0.1) is 12.1 Å². The Labute approximate surface area is 78.6 Å². The van der Waals surface area contributed by atoms with Crippen LogP contribution in [-0.2, 0) is 4.79 Å². The summed E-state index contributed by atoms with van der Waals surface area (Å²) in [6.07, 6.45) is 1.56. The van der Waals surface area contributed by atoms with Crippen molar-refractivity contribution in [3.8, 4) is 0 Å². The van der Waals surface area contributed by atoms with E-state index in [9.17, 15) is 13.6 Å². The fourth-order valence-corrected chi connectivity index (χ4v) is 1.22. The predicted molar refractivity (Wildman–Crippen MR) is 47.0 cm³/mol. The van der Waals surface area contributed by atoms with Crippen molar-refractivity contribution < 1.29 is 13.6 Å². The van der Waals surface area contributed by atoms with Crippen LogP contribution < -0.4 is 5.01 Å². The summed E-state index contributed by atoms with van der Waals surface area (Å²) >= 11 is 0. The molecule has 0 unspecified atom stereocenters. The molecule has 1 heterocycles. The number of halogens is 2. The van der Waals surface area contributed by atoms with Crippen molar-refractivity contribution in [1.82, 2.24) is 0 Å². The Bertz CT molecular complexity index is 397. The summed E-state index contributed by atoms with van der Waals surface area (Å²) in [6.45, 7) is 0. The van der Waals surface area contributed by atoms with Gasteiger partial charge in [-0.2, -0.15) is 5.10 Å². The van der Waals surface area contributed by atoms with E-state index >= 15 is 0 Å². The third-order valence-corrected chi connectivity index (χ3v) is 1.79. The van der Waals surface area contributed by atoms with Gasteiger partial charge in [-0.25, -0.2) is 13.8 Å². The molecule has 1 aliphatic heterocycles. The molecule has 5 heteroatoms. The lowest BCUT2D eigenvalue weighted by molar-refractivity contribution is -0.116. The van der Waals surface area contributed by atoms with Crippen molar-refractivity contribution in [2.24, 2.45) is 5.10 Å². The van der Waals surface area contributed by atoms with Crippen molar-refractivity contribution >= 4 is 17.8 Å². The predicted octanol–water partition coefficient (Wildman–Crippen LogP) is 1.69. The molecule has 1 amide bonds. The normalized spacial score (nSPS) is 15.3. The smallest absolute Gasteiger partial charge is 0.252 e. The minimum atomic E-state index is -0.727. The van der Waals surface area contributed by atoms with Gasteiger partial charge in [0.2, 0.25) is 0 Å². The largest absolute Gasteiger partial charge is 0.272 e. The SMILES string of the molecule is O=C1CC=NN1c1cc(F)cc(F)c1. The van der Waals surface area contributed by atoms with E-state index < -0.39 is 11.6 Å². The maximum atomic E-state index is 12.8. The molecule has 1 aromatic rings. The molecule has 1 aliphatic rings. The molecule has 0 spiro atoms. The number of rotatable bonds is 1. The van der Waals surface area contributed by atoms with Crippen molar-refractivity contribution in [3.63, 3.8) is 0 Å².